The van der Waals surface area contributed by atoms with Crippen LogP contribution in [-0.2, 0) is 10.0 Å². The highest BCUT2D eigenvalue weighted by Gasteiger charge is 2.19. The third-order valence-corrected chi connectivity index (χ3v) is 4.30. The predicted octanol–water partition coefficient (Wildman–Crippen LogP) is 0.940. The minimum absolute atomic E-state index is 0.0707. The Balaban J connectivity index is 2.10. The number of urea groups is 1. The Labute approximate surface area is 121 Å². The molecule has 0 aliphatic heterocycles. The summed E-state index contributed by atoms with van der Waals surface area (Å²) in [7, 11) is -3.63. The lowest BCUT2D eigenvalue weighted by atomic mass is 10.1. The maximum atomic E-state index is 12.0. The van der Waals surface area contributed by atoms with Crippen molar-refractivity contribution in [2.24, 2.45) is 5.73 Å². The highest BCUT2D eigenvalue weighted by Crippen LogP contribution is 2.18. The van der Waals surface area contributed by atoms with Crippen LogP contribution in [0.15, 0.2) is 41.6 Å². The van der Waals surface area contributed by atoms with Crippen LogP contribution in [-0.4, -0.2) is 24.6 Å². The second kappa shape index (κ2) is 5.94. The molecule has 5 N–H and O–H groups in total. The first kappa shape index (κ1) is 15.0. The number of aromatic nitrogens is 2. The molecule has 0 bridgehead atoms. The number of aromatic amines is 1. The number of hydrogen-bond donors (Lipinski definition) is 4. The molecule has 0 aliphatic carbocycles. The number of carbonyl (C=O) groups excluding carboxylic acids is 1. The van der Waals surface area contributed by atoms with Gasteiger partial charge in [0.2, 0.25) is 10.0 Å². The second-order valence-electron chi connectivity index (χ2n) is 4.39. The number of nitrogens with one attached hydrogen (secondary N) is 3. The van der Waals surface area contributed by atoms with Crippen LogP contribution in [0.4, 0.5) is 10.5 Å². The summed E-state index contributed by atoms with van der Waals surface area (Å²) in [4.78, 5) is 10.8. The zero-order valence-corrected chi connectivity index (χ0v) is 12.0. The summed E-state index contributed by atoms with van der Waals surface area (Å²) >= 11 is 0. The van der Waals surface area contributed by atoms with Gasteiger partial charge in [0.05, 0.1) is 6.20 Å². The monoisotopic (exact) mass is 309 g/mol. The summed E-state index contributed by atoms with van der Waals surface area (Å²) in [5.41, 5.74) is 6.29. The molecule has 1 atom stereocenters. The Morgan fingerprint density at radius 2 is 2.00 bits per heavy atom. The van der Waals surface area contributed by atoms with Gasteiger partial charge in [0.15, 0.2) is 0 Å². The topological polar surface area (TPSA) is 130 Å². The molecular formula is C12H15N5O3S. The maximum absolute atomic E-state index is 12.0. The molecule has 21 heavy (non-hydrogen) atoms. The summed E-state index contributed by atoms with van der Waals surface area (Å²) < 4.78 is 26.6. The van der Waals surface area contributed by atoms with Crippen LogP contribution in [0.2, 0.25) is 0 Å². The summed E-state index contributed by atoms with van der Waals surface area (Å²) in [6.07, 6.45) is 2.53. The summed E-state index contributed by atoms with van der Waals surface area (Å²) in [5, 5.41) is 8.49. The number of hydrogen-bond acceptors (Lipinski definition) is 4. The number of H-pyrrole nitrogens is 1. The number of nitrogens with two attached hydrogens (primary N) is 1. The van der Waals surface area contributed by atoms with Gasteiger partial charge in [0.1, 0.15) is 4.90 Å². The van der Waals surface area contributed by atoms with Crippen LogP contribution in [0.3, 0.4) is 0 Å². The fourth-order valence-corrected chi connectivity index (χ4v) is 2.89. The normalized spacial score (nSPS) is 12.8. The quantitative estimate of drug-likeness (QED) is 0.654. The van der Waals surface area contributed by atoms with Crippen LogP contribution in [0.1, 0.15) is 18.5 Å². The molecule has 9 heteroatoms. The van der Waals surface area contributed by atoms with Crippen LogP contribution >= 0.6 is 0 Å². The number of rotatable bonds is 5. The molecule has 0 aliphatic rings. The molecule has 0 spiro atoms. The zero-order valence-electron chi connectivity index (χ0n) is 11.2. The Hall–Kier alpha value is -2.39. The van der Waals surface area contributed by atoms with E-state index >= 15 is 0 Å². The van der Waals surface area contributed by atoms with E-state index in [0.717, 1.165) is 5.56 Å². The Kier molecular flexibility index (Phi) is 4.24. The maximum Gasteiger partial charge on any atom is 0.316 e. The van der Waals surface area contributed by atoms with Crippen molar-refractivity contribution in [3.05, 3.63) is 42.2 Å². The standard InChI is InChI=1S/C12H15N5O3S/c1-8(17-21(19,20)11-6-14-15-7-11)9-2-4-10(5-3-9)16-12(13)18/h2-8,17H,1H3,(H,14,15)(H3,13,16,18). The molecule has 112 valence electrons. The number of carbonyl (C=O) groups is 1. The van der Waals surface area contributed by atoms with Crippen molar-refractivity contribution < 1.29 is 13.2 Å². The van der Waals surface area contributed by atoms with Gasteiger partial charge in [0.25, 0.3) is 0 Å². The van der Waals surface area contributed by atoms with Crippen molar-refractivity contribution in [2.75, 3.05) is 5.32 Å². The molecule has 2 amide bonds. The Bertz CT molecular complexity index is 710. The molecule has 1 unspecified atom stereocenters. The molecule has 0 radical (unpaired) electrons. The first-order valence-corrected chi connectivity index (χ1v) is 7.54. The van der Waals surface area contributed by atoms with Gasteiger partial charge in [-0.15, -0.1) is 0 Å². The third-order valence-electron chi connectivity index (χ3n) is 2.79. The van der Waals surface area contributed by atoms with Crippen molar-refractivity contribution in [3.8, 4) is 0 Å². The molecule has 0 saturated carbocycles. The lowest BCUT2D eigenvalue weighted by Gasteiger charge is -2.14. The van der Waals surface area contributed by atoms with Crippen LogP contribution < -0.4 is 15.8 Å². The van der Waals surface area contributed by atoms with Gasteiger partial charge in [0, 0.05) is 17.9 Å². The molecule has 1 aromatic carbocycles. The predicted molar refractivity (Wildman–Crippen MR) is 77.0 cm³/mol. The van der Waals surface area contributed by atoms with Gasteiger partial charge in [-0.3, -0.25) is 5.10 Å². The second-order valence-corrected chi connectivity index (χ2v) is 6.10. The number of nitrogens with zero attached hydrogens (tertiary/aromatic N) is 1. The molecule has 0 saturated heterocycles. The van der Waals surface area contributed by atoms with Gasteiger partial charge in [-0.05, 0) is 24.6 Å². The van der Waals surface area contributed by atoms with Gasteiger partial charge in [-0.2, -0.15) is 5.10 Å². The van der Waals surface area contributed by atoms with E-state index in [2.05, 4.69) is 20.2 Å². The third kappa shape index (κ3) is 3.80. The van der Waals surface area contributed by atoms with Crippen molar-refractivity contribution in [1.29, 1.82) is 0 Å². The molecule has 0 fully saturated rings. The average Bonchev–Trinajstić information content (AvgIpc) is 2.93. The van der Waals surface area contributed by atoms with E-state index in [-0.39, 0.29) is 4.90 Å². The summed E-state index contributed by atoms with van der Waals surface area (Å²) in [5.74, 6) is 0. The van der Waals surface area contributed by atoms with E-state index in [1.165, 1.54) is 12.4 Å². The fraction of sp³-hybridized carbons (Fsp3) is 0.167. The van der Waals surface area contributed by atoms with Crippen molar-refractivity contribution in [3.63, 3.8) is 0 Å². The van der Waals surface area contributed by atoms with Gasteiger partial charge in [-0.25, -0.2) is 17.9 Å². The van der Waals surface area contributed by atoms with E-state index in [0.29, 0.717) is 5.69 Å². The molecule has 8 nitrogen and oxygen atoms in total. The number of benzene rings is 1. The average molecular weight is 309 g/mol. The minimum atomic E-state index is -3.63. The number of primary amides is 1. The highest BCUT2D eigenvalue weighted by molar-refractivity contribution is 7.89. The molecule has 2 aromatic rings. The number of amides is 2. The lowest BCUT2D eigenvalue weighted by molar-refractivity contribution is 0.259. The first-order valence-electron chi connectivity index (χ1n) is 6.06. The van der Waals surface area contributed by atoms with E-state index in [1.807, 2.05) is 0 Å². The first-order chi connectivity index (χ1) is 9.88. The van der Waals surface area contributed by atoms with Gasteiger partial charge >= 0.3 is 6.03 Å². The van der Waals surface area contributed by atoms with E-state index in [9.17, 15) is 13.2 Å². The Morgan fingerprint density at radius 3 is 2.52 bits per heavy atom. The van der Waals surface area contributed by atoms with Crippen molar-refractivity contribution >= 4 is 21.7 Å². The van der Waals surface area contributed by atoms with E-state index < -0.39 is 22.1 Å². The number of anilines is 1. The summed E-state index contributed by atoms with van der Waals surface area (Å²) in [6, 6.07) is 5.59. The van der Waals surface area contributed by atoms with E-state index in [1.54, 1.807) is 31.2 Å². The zero-order chi connectivity index (χ0) is 15.5. The summed E-state index contributed by atoms with van der Waals surface area (Å²) in [6.45, 7) is 1.72. The number of sulfonamides is 1. The largest absolute Gasteiger partial charge is 0.351 e. The molecule has 2 rings (SSSR count). The lowest BCUT2D eigenvalue weighted by Crippen LogP contribution is -2.26. The van der Waals surface area contributed by atoms with Crippen LogP contribution in [0, 0.1) is 0 Å². The van der Waals surface area contributed by atoms with Crippen LogP contribution in [0.25, 0.3) is 0 Å². The van der Waals surface area contributed by atoms with Gasteiger partial charge in [-0.1, -0.05) is 12.1 Å². The smallest absolute Gasteiger partial charge is 0.316 e. The molecule has 1 aromatic heterocycles. The van der Waals surface area contributed by atoms with Crippen molar-refractivity contribution in [2.45, 2.75) is 17.9 Å². The minimum Gasteiger partial charge on any atom is -0.351 e. The fourth-order valence-electron chi connectivity index (χ4n) is 1.75. The van der Waals surface area contributed by atoms with Crippen molar-refractivity contribution in [1.82, 2.24) is 14.9 Å². The van der Waals surface area contributed by atoms with E-state index in [4.69, 9.17) is 5.73 Å². The highest BCUT2D eigenvalue weighted by atomic mass is 32.2. The SMILES string of the molecule is CC(NS(=O)(=O)c1cn[nH]c1)c1ccc(NC(N)=O)cc1. The molecule has 1 heterocycles. The van der Waals surface area contributed by atoms with Gasteiger partial charge < -0.3 is 11.1 Å². The Morgan fingerprint density at radius 1 is 1.33 bits per heavy atom. The molecular weight excluding hydrogens is 294 g/mol. The van der Waals surface area contributed by atoms with Crippen LogP contribution in [0.5, 0.6) is 0 Å².